The molecular weight excluding hydrogens is 376 g/mol. The molecule has 1 unspecified atom stereocenters. The number of nitrogens with zero attached hydrogens (tertiary/aromatic N) is 1. The summed E-state index contributed by atoms with van der Waals surface area (Å²) in [5, 5.41) is 0.876. The number of hydrogen-bond acceptors (Lipinski definition) is 3. The van der Waals surface area contributed by atoms with Crippen LogP contribution in [0.5, 0.6) is 5.75 Å². The molecule has 1 heterocycles. The zero-order valence-corrected chi connectivity index (χ0v) is 14.8. The fraction of sp³-hybridized carbons (Fsp3) is 0.250. The second-order valence-corrected chi connectivity index (χ2v) is 7.24. The summed E-state index contributed by atoms with van der Waals surface area (Å²) in [5.41, 5.74) is 1.16. The molecule has 4 nitrogen and oxygen atoms in total. The first kappa shape index (κ1) is 17.6. The van der Waals surface area contributed by atoms with Gasteiger partial charge < -0.3 is 4.74 Å². The number of ether oxygens (including phenoxy) is 1. The summed E-state index contributed by atoms with van der Waals surface area (Å²) in [6, 6.07) is 9.58. The molecule has 2 aromatic rings. The van der Waals surface area contributed by atoms with Gasteiger partial charge in [0.05, 0.1) is 6.61 Å². The number of hydrogen-bond donors (Lipinski definition) is 0. The highest BCUT2D eigenvalue weighted by atomic mass is 35.5. The van der Waals surface area contributed by atoms with Gasteiger partial charge in [0, 0.05) is 34.3 Å². The van der Waals surface area contributed by atoms with Gasteiger partial charge in [0.2, 0.25) is 11.3 Å². The van der Waals surface area contributed by atoms with Crippen molar-refractivity contribution in [2.24, 2.45) is 0 Å². The molecular formula is C16H14Cl2FNO3S. The van der Waals surface area contributed by atoms with E-state index in [2.05, 4.69) is 0 Å². The highest BCUT2D eigenvalue weighted by molar-refractivity contribution is 7.77. The second-order valence-electron chi connectivity index (χ2n) is 5.18. The van der Waals surface area contributed by atoms with Crippen molar-refractivity contribution in [2.45, 2.75) is 13.2 Å². The third kappa shape index (κ3) is 4.26. The van der Waals surface area contributed by atoms with E-state index in [1.807, 2.05) is 0 Å². The number of rotatable bonds is 5. The summed E-state index contributed by atoms with van der Waals surface area (Å²) in [7, 11) is 0. The van der Waals surface area contributed by atoms with Crippen molar-refractivity contribution in [1.29, 1.82) is 0 Å². The van der Waals surface area contributed by atoms with Crippen LogP contribution >= 0.6 is 23.2 Å². The van der Waals surface area contributed by atoms with Crippen LogP contribution in [0.2, 0.25) is 10.0 Å². The number of halogens is 3. The molecule has 3 rings (SSSR count). The SMILES string of the molecule is O=S1OCCN1Cc1cc(Cl)ccc1OCc1ccc(Cl)cc1F. The quantitative estimate of drug-likeness (QED) is 0.771. The van der Waals surface area contributed by atoms with Crippen LogP contribution in [0.1, 0.15) is 11.1 Å². The average Bonchev–Trinajstić information content (AvgIpc) is 2.93. The first-order valence-corrected chi connectivity index (χ1v) is 8.97. The van der Waals surface area contributed by atoms with E-state index in [-0.39, 0.29) is 6.61 Å². The molecule has 0 aliphatic carbocycles. The van der Waals surface area contributed by atoms with Crippen molar-refractivity contribution >= 4 is 34.5 Å². The monoisotopic (exact) mass is 389 g/mol. The summed E-state index contributed by atoms with van der Waals surface area (Å²) in [6.07, 6.45) is 0. The third-order valence-electron chi connectivity index (χ3n) is 3.50. The summed E-state index contributed by atoms with van der Waals surface area (Å²) in [6.45, 7) is 1.40. The van der Waals surface area contributed by atoms with Crippen LogP contribution in [0, 0.1) is 5.82 Å². The van der Waals surface area contributed by atoms with Gasteiger partial charge in [-0.3, -0.25) is 4.18 Å². The van der Waals surface area contributed by atoms with Crippen LogP contribution < -0.4 is 4.74 Å². The zero-order chi connectivity index (χ0) is 17.1. The van der Waals surface area contributed by atoms with Gasteiger partial charge in [-0.1, -0.05) is 29.3 Å². The lowest BCUT2D eigenvalue weighted by molar-refractivity contribution is 0.293. The summed E-state index contributed by atoms with van der Waals surface area (Å²) >= 11 is 10.3. The lowest BCUT2D eigenvalue weighted by atomic mass is 10.2. The molecule has 0 N–H and O–H groups in total. The van der Waals surface area contributed by atoms with Crippen LogP contribution in [0.25, 0.3) is 0 Å². The molecule has 1 saturated heterocycles. The van der Waals surface area contributed by atoms with Gasteiger partial charge in [-0.15, -0.1) is 0 Å². The highest BCUT2D eigenvalue weighted by Gasteiger charge is 2.23. The highest BCUT2D eigenvalue weighted by Crippen LogP contribution is 2.27. The summed E-state index contributed by atoms with van der Waals surface area (Å²) < 4.78 is 38.0. The Balaban J connectivity index is 1.76. The minimum Gasteiger partial charge on any atom is -0.488 e. The van der Waals surface area contributed by atoms with Crippen molar-refractivity contribution in [2.75, 3.05) is 13.2 Å². The average molecular weight is 390 g/mol. The van der Waals surface area contributed by atoms with Crippen molar-refractivity contribution < 1.29 is 17.5 Å². The van der Waals surface area contributed by atoms with Gasteiger partial charge in [-0.05, 0) is 30.3 Å². The van der Waals surface area contributed by atoms with Crippen molar-refractivity contribution in [1.82, 2.24) is 4.31 Å². The Labute approximate surface area is 151 Å². The molecule has 1 aliphatic heterocycles. The summed E-state index contributed by atoms with van der Waals surface area (Å²) in [4.78, 5) is 0. The van der Waals surface area contributed by atoms with Gasteiger partial charge >= 0.3 is 0 Å². The molecule has 24 heavy (non-hydrogen) atoms. The zero-order valence-electron chi connectivity index (χ0n) is 12.5. The molecule has 1 atom stereocenters. The van der Waals surface area contributed by atoms with Gasteiger partial charge in [0.25, 0.3) is 0 Å². The molecule has 0 bridgehead atoms. The van der Waals surface area contributed by atoms with E-state index in [9.17, 15) is 8.60 Å². The minimum atomic E-state index is -1.46. The van der Waals surface area contributed by atoms with Crippen LogP contribution in [-0.4, -0.2) is 21.7 Å². The molecule has 1 aliphatic rings. The van der Waals surface area contributed by atoms with E-state index in [4.69, 9.17) is 32.1 Å². The molecule has 0 radical (unpaired) electrons. The second kappa shape index (κ2) is 7.80. The predicted octanol–water partition coefficient (Wildman–Crippen LogP) is 4.12. The smallest absolute Gasteiger partial charge is 0.237 e. The van der Waals surface area contributed by atoms with Gasteiger partial charge in [-0.2, -0.15) is 4.31 Å². The van der Waals surface area contributed by atoms with Crippen molar-refractivity contribution in [3.05, 3.63) is 63.4 Å². The summed E-state index contributed by atoms with van der Waals surface area (Å²) in [5.74, 6) is 0.129. The Hall–Kier alpha value is -1.18. The van der Waals surface area contributed by atoms with E-state index in [0.29, 0.717) is 41.1 Å². The molecule has 0 saturated carbocycles. The Morgan fingerprint density at radius 2 is 1.92 bits per heavy atom. The molecule has 8 heteroatoms. The van der Waals surface area contributed by atoms with Crippen LogP contribution in [0.3, 0.4) is 0 Å². The maximum Gasteiger partial charge on any atom is 0.237 e. The molecule has 1 fully saturated rings. The lowest BCUT2D eigenvalue weighted by Crippen LogP contribution is -2.20. The molecule has 0 amide bonds. The topological polar surface area (TPSA) is 38.8 Å². The van der Waals surface area contributed by atoms with Crippen molar-refractivity contribution in [3.8, 4) is 5.75 Å². The van der Waals surface area contributed by atoms with Crippen LogP contribution in [0.4, 0.5) is 4.39 Å². The van der Waals surface area contributed by atoms with Gasteiger partial charge in [-0.25, -0.2) is 8.60 Å². The lowest BCUT2D eigenvalue weighted by Gasteiger charge is -2.16. The third-order valence-corrected chi connectivity index (χ3v) is 5.07. The Morgan fingerprint density at radius 1 is 1.17 bits per heavy atom. The Kier molecular flexibility index (Phi) is 5.73. The van der Waals surface area contributed by atoms with E-state index in [0.717, 1.165) is 5.56 Å². The normalized spacial score (nSPS) is 18.0. The van der Waals surface area contributed by atoms with Gasteiger partial charge in [0.15, 0.2) is 0 Å². The van der Waals surface area contributed by atoms with E-state index in [1.54, 1.807) is 34.6 Å². The maximum absolute atomic E-state index is 13.8. The van der Waals surface area contributed by atoms with E-state index in [1.165, 1.54) is 6.07 Å². The number of benzene rings is 2. The molecule has 128 valence electrons. The van der Waals surface area contributed by atoms with E-state index < -0.39 is 17.1 Å². The molecule has 0 spiro atoms. The maximum atomic E-state index is 13.8. The first-order valence-electron chi connectivity index (χ1n) is 7.18. The van der Waals surface area contributed by atoms with Crippen molar-refractivity contribution in [3.63, 3.8) is 0 Å². The minimum absolute atomic E-state index is 0.0528. The van der Waals surface area contributed by atoms with E-state index >= 15 is 0 Å². The Morgan fingerprint density at radius 3 is 2.62 bits per heavy atom. The predicted molar refractivity (Wildman–Crippen MR) is 91.7 cm³/mol. The standard InChI is InChI=1S/C16H14Cl2FNO3S/c17-13-3-4-16(12(7-13)9-20-5-6-23-24(20)21)22-10-11-1-2-14(18)8-15(11)19/h1-4,7-8H,5-6,9-10H2. The molecule has 2 aromatic carbocycles. The Bertz CT molecular complexity index is 775. The largest absolute Gasteiger partial charge is 0.488 e. The molecule has 0 aromatic heterocycles. The first-order chi connectivity index (χ1) is 11.5. The fourth-order valence-corrected chi connectivity index (χ4v) is 3.48. The van der Waals surface area contributed by atoms with Crippen LogP contribution in [-0.2, 0) is 28.6 Å². The van der Waals surface area contributed by atoms with Gasteiger partial charge in [0.1, 0.15) is 18.2 Å². The fourth-order valence-electron chi connectivity index (χ4n) is 2.29. The van der Waals surface area contributed by atoms with Crippen LogP contribution in [0.15, 0.2) is 36.4 Å².